The first-order valence-electron chi connectivity index (χ1n) is 12.0. The summed E-state index contributed by atoms with van der Waals surface area (Å²) in [6.45, 7) is 4.10. The molecule has 2 fully saturated rings. The number of sulfonamides is 1. The molecule has 0 aliphatic carbocycles. The van der Waals surface area contributed by atoms with E-state index in [2.05, 4.69) is 15.2 Å². The Morgan fingerprint density at radius 2 is 1.71 bits per heavy atom. The van der Waals surface area contributed by atoms with Gasteiger partial charge in [0.15, 0.2) is 0 Å². The molecule has 3 heterocycles. The average molecular weight is 495 g/mol. The predicted octanol–water partition coefficient (Wildman–Crippen LogP) is 2.79. The number of nitrogens with one attached hydrogen (secondary N) is 1. The van der Waals surface area contributed by atoms with Crippen LogP contribution >= 0.6 is 0 Å². The molecule has 2 saturated heterocycles. The van der Waals surface area contributed by atoms with Gasteiger partial charge in [-0.2, -0.15) is 4.31 Å². The molecule has 0 bridgehead atoms. The second kappa shape index (κ2) is 10.3. The van der Waals surface area contributed by atoms with Crippen LogP contribution < -0.4 is 10.2 Å². The Balaban J connectivity index is 1.16. The highest BCUT2D eigenvalue weighted by Gasteiger charge is 2.32. The minimum atomic E-state index is -3.59. The van der Waals surface area contributed by atoms with Crippen molar-refractivity contribution >= 4 is 32.5 Å². The van der Waals surface area contributed by atoms with Gasteiger partial charge in [0.2, 0.25) is 15.9 Å². The molecule has 0 unspecified atom stereocenters. The van der Waals surface area contributed by atoms with Gasteiger partial charge in [-0.15, -0.1) is 0 Å². The molecule has 5 rings (SSSR count). The van der Waals surface area contributed by atoms with Gasteiger partial charge in [-0.1, -0.05) is 30.3 Å². The molecule has 35 heavy (non-hydrogen) atoms. The number of hydrogen-bond donors (Lipinski definition) is 1. The first-order chi connectivity index (χ1) is 17.0. The number of benzene rings is 2. The van der Waals surface area contributed by atoms with Crippen LogP contribution in [-0.4, -0.2) is 63.0 Å². The highest BCUT2D eigenvalue weighted by atomic mass is 32.2. The van der Waals surface area contributed by atoms with Crippen LogP contribution in [0.1, 0.15) is 18.4 Å². The lowest BCUT2D eigenvalue weighted by molar-refractivity contribution is -0.126. The fourth-order valence-electron chi connectivity index (χ4n) is 4.70. The van der Waals surface area contributed by atoms with Gasteiger partial charge >= 0.3 is 0 Å². The van der Waals surface area contributed by atoms with Crippen molar-refractivity contribution in [1.82, 2.24) is 14.6 Å². The summed E-state index contributed by atoms with van der Waals surface area (Å²) in [7, 11) is -3.59. The topological polar surface area (TPSA) is 91.8 Å². The molecule has 2 aliphatic heterocycles. The van der Waals surface area contributed by atoms with E-state index in [1.807, 2.05) is 42.5 Å². The van der Waals surface area contributed by atoms with Crippen LogP contribution in [0.3, 0.4) is 0 Å². The number of morpholine rings is 1. The Morgan fingerprint density at radius 1 is 0.971 bits per heavy atom. The van der Waals surface area contributed by atoms with Crippen LogP contribution in [0.2, 0.25) is 0 Å². The summed E-state index contributed by atoms with van der Waals surface area (Å²) in [5.74, 6) is 0.670. The molecule has 1 N–H and O–H groups in total. The quantitative estimate of drug-likeness (QED) is 0.567. The van der Waals surface area contributed by atoms with E-state index in [1.54, 1.807) is 18.3 Å². The number of hydrogen-bond acceptors (Lipinski definition) is 6. The van der Waals surface area contributed by atoms with Crippen molar-refractivity contribution in [2.45, 2.75) is 24.3 Å². The van der Waals surface area contributed by atoms with Crippen LogP contribution in [0.25, 0.3) is 10.8 Å². The van der Waals surface area contributed by atoms with Crippen LogP contribution in [0.4, 0.5) is 5.82 Å². The lowest BCUT2D eigenvalue weighted by atomic mass is 9.97. The molecule has 1 aromatic heterocycles. The summed E-state index contributed by atoms with van der Waals surface area (Å²) in [6, 6.07) is 16.9. The summed E-state index contributed by atoms with van der Waals surface area (Å²) in [4.78, 5) is 19.7. The van der Waals surface area contributed by atoms with E-state index >= 15 is 0 Å². The monoisotopic (exact) mass is 494 g/mol. The number of carbonyl (C=O) groups excluding carboxylic acids is 1. The molecule has 0 spiro atoms. The number of carbonyl (C=O) groups is 1. The Kier molecular flexibility index (Phi) is 6.99. The van der Waals surface area contributed by atoms with Crippen LogP contribution in [0, 0.1) is 5.92 Å². The van der Waals surface area contributed by atoms with E-state index in [0.717, 1.165) is 35.2 Å². The Hall–Kier alpha value is -3.01. The van der Waals surface area contributed by atoms with Gasteiger partial charge in [-0.05, 0) is 53.4 Å². The minimum Gasteiger partial charge on any atom is -0.378 e. The van der Waals surface area contributed by atoms with Gasteiger partial charge in [0.1, 0.15) is 5.82 Å². The van der Waals surface area contributed by atoms with Gasteiger partial charge in [0.05, 0.1) is 18.1 Å². The zero-order valence-electron chi connectivity index (χ0n) is 19.6. The number of ether oxygens (including phenoxy) is 1. The fourth-order valence-corrected chi connectivity index (χ4v) is 6.21. The number of fused-ring (bicyclic) bond motifs is 1. The highest BCUT2D eigenvalue weighted by Crippen LogP contribution is 2.26. The van der Waals surface area contributed by atoms with Crippen molar-refractivity contribution in [3.63, 3.8) is 0 Å². The molecule has 184 valence electrons. The second-order valence-electron chi connectivity index (χ2n) is 9.03. The number of amides is 1. The normalized spacial score (nSPS) is 18.0. The third kappa shape index (κ3) is 5.32. The summed E-state index contributed by atoms with van der Waals surface area (Å²) in [5.41, 5.74) is 0.992. The first-order valence-corrected chi connectivity index (χ1v) is 13.5. The van der Waals surface area contributed by atoms with E-state index in [0.29, 0.717) is 50.6 Å². The summed E-state index contributed by atoms with van der Waals surface area (Å²) in [5, 5.41) is 4.93. The molecule has 8 nitrogen and oxygen atoms in total. The maximum Gasteiger partial charge on any atom is 0.243 e. The van der Waals surface area contributed by atoms with E-state index in [9.17, 15) is 13.2 Å². The van der Waals surface area contributed by atoms with Crippen molar-refractivity contribution in [2.24, 2.45) is 5.92 Å². The van der Waals surface area contributed by atoms with Gasteiger partial charge in [-0.25, -0.2) is 13.4 Å². The maximum atomic E-state index is 13.2. The number of anilines is 1. The molecular weight excluding hydrogens is 464 g/mol. The third-order valence-electron chi connectivity index (χ3n) is 6.80. The van der Waals surface area contributed by atoms with Gasteiger partial charge in [0, 0.05) is 44.8 Å². The van der Waals surface area contributed by atoms with Gasteiger partial charge < -0.3 is 15.0 Å². The summed E-state index contributed by atoms with van der Waals surface area (Å²) in [6.07, 6.45) is 2.78. The van der Waals surface area contributed by atoms with E-state index < -0.39 is 10.0 Å². The van der Waals surface area contributed by atoms with Crippen LogP contribution in [0.15, 0.2) is 65.7 Å². The molecule has 0 radical (unpaired) electrons. The Bertz CT molecular complexity index is 1300. The predicted molar refractivity (Wildman–Crippen MR) is 135 cm³/mol. The highest BCUT2D eigenvalue weighted by molar-refractivity contribution is 7.89. The maximum absolute atomic E-state index is 13.2. The molecule has 9 heteroatoms. The SMILES string of the molecule is O=C(NCc1ccnc(N2CCOCC2)c1)C1CCN(S(=O)(=O)c2ccc3ccccc3c2)CC1. The van der Waals surface area contributed by atoms with Crippen molar-refractivity contribution in [3.05, 3.63) is 66.4 Å². The van der Waals surface area contributed by atoms with E-state index in [1.165, 1.54) is 4.31 Å². The van der Waals surface area contributed by atoms with Crippen molar-refractivity contribution in [1.29, 1.82) is 0 Å². The lowest BCUT2D eigenvalue weighted by Crippen LogP contribution is -2.42. The number of piperidine rings is 1. The Labute approximate surface area is 205 Å². The van der Waals surface area contributed by atoms with E-state index in [4.69, 9.17) is 4.74 Å². The van der Waals surface area contributed by atoms with Crippen LogP contribution in [0.5, 0.6) is 0 Å². The zero-order chi connectivity index (χ0) is 24.3. The number of pyridine rings is 1. The molecule has 0 atom stereocenters. The standard InChI is InChI=1S/C26H30N4O4S/c31-26(28-19-20-7-10-27-25(17-20)29-13-15-34-16-14-29)22-8-11-30(12-9-22)35(32,33)24-6-5-21-3-1-2-4-23(21)18-24/h1-7,10,17-18,22H,8-9,11-16,19H2,(H,28,31). The van der Waals surface area contributed by atoms with Crippen molar-refractivity contribution < 1.29 is 17.9 Å². The second-order valence-corrected chi connectivity index (χ2v) is 11.0. The largest absolute Gasteiger partial charge is 0.378 e. The lowest BCUT2D eigenvalue weighted by Gasteiger charge is -2.30. The third-order valence-corrected chi connectivity index (χ3v) is 8.69. The number of rotatable bonds is 6. The molecule has 2 aliphatic rings. The minimum absolute atomic E-state index is 0.0301. The van der Waals surface area contributed by atoms with Crippen molar-refractivity contribution in [3.8, 4) is 0 Å². The smallest absolute Gasteiger partial charge is 0.243 e. The van der Waals surface area contributed by atoms with E-state index in [-0.39, 0.29) is 11.8 Å². The van der Waals surface area contributed by atoms with Crippen LogP contribution in [-0.2, 0) is 26.1 Å². The molecule has 2 aromatic carbocycles. The molecule has 0 saturated carbocycles. The molecule has 3 aromatic rings. The Morgan fingerprint density at radius 3 is 2.49 bits per heavy atom. The summed E-state index contributed by atoms with van der Waals surface area (Å²) < 4.78 is 33.3. The number of nitrogens with zero attached hydrogens (tertiary/aromatic N) is 3. The van der Waals surface area contributed by atoms with Crippen molar-refractivity contribution in [2.75, 3.05) is 44.3 Å². The first kappa shape index (κ1) is 23.7. The number of aromatic nitrogens is 1. The molecule has 1 amide bonds. The molecular formula is C26H30N4O4S. The average Bonchev–Trinajstić information content (AvgIpc) is 2.92. The zero-order valence-corrected chi connectivity index (χ0v) is 20.4. The summed E-state index contributed by atoms with van der Waals surface area (Å²) >= 11 is 0. The van der Waals surface area contributed by atoms with Gasteiger partial charge in [-0.3, -0.25) is 4.79 Å². The van der Waals surface area contributed by atoms with Gasteiger partial charge in [0.25, 0.3) is 0 Å². The fraction of sp³-hybridized carbons (Fsp3) is 0.385.